The number of nitrogen functional groups attached to an aromatic ring is 2. The Balaban J connectivity index is 0.000000249. The number of carbonyl (C=O) groups excluding carboxylic acids is 6. The lowest BCUT2D eigenvalue weighted by Crippen LogP contribution is -2.52. The smallest absolute Gasteiger partial charge is 0.326 e. The van der Waals surface area contributed by atoms with E-state index in [1.807, 2.05) is 6.92 Å². The van der Waals surface area contributed by atoms with E-state index in [9.17, 15) is 74.1 Å². The second kappa shape index (κ2) is 37.5. The van der Waals surface area contributed by atoms with Gasteiger partial charge in [-0.05, 0) is 87.1 Å². The Kier molecular flexibility index (Phi) is 30.1. The zero-order valence-corrected chi connectivity index (χ0v) is 60.7. The lowest BCUT2D eigenvalue weighted by molar-refractivity contribution is -0.247. The van der Waals surface area contributed by atoms with Gasteiger partial charge in [0.25, 0.3) is 5.91 Å². The molecule has 1 saturated heterocycles. The number of hydrogen-bond donors (Lipinski definition) is 18. The number of ether oxygens (including phenoxy) is 3. The molecule has 0 radical (unpaired) electrons. The van der Waals surface area contributed by atoms with Crippen LogP contribution in [-0.4, -0.2) is 214 Å². The number of amides is 1. The molecule has 0 bridgehead atoms. The van der Waals surface area contributed by atoms with E-state index < -0.39 is 118 Å². The fraction of sp³-hybridized carbons (Fsp3) is 0.380. The maximum Gasteiger partial charge on any atom is 0.326 e. The normalized spacial score (nSPS) is 18.5. The largest absolute Gasteiger partial charge is 0.507 e. The molecule has 4 aliphatic rings. The van der Waals surface area contributed by atoms with E-state index in [0.717, 1.165) is 12.0 Å². The summed E-state index contributed by atoms with van der Waals surface area (Å²) >= 11 is 0. The van der Waals surface area contributed by atoms with E-state index in [0.29, 0.717) is 73.9 Å². The van der Waals surface area contributed by atoms with Gasteiger partial charge < -0.3 is 109 Å². The highest BCUT2D eigenvalue weighted by Gasteiger charge is 2.50. The van der Waals surface area contributed by atoms with Crippen molar-refractivity contribution in [2.75, 3.05) is 81.7 Å². The number of Topliss-reactive ketones (excluding diaryl/α,β-unsaturated/α-hetero) is 1. The minimum Gasteiger partial charge on any atom is -0.507 e. The van der Waals surface area contributed by atoms with E-state index in [-0.39, 0.29) is 161 Å². The van der Waals surface area contributed by atoms with Crippen LogP contribution in [0.3, 0.4) is 0 Å². The average molecular weight is 1550 g/mol. The quantitative estimate of drug-likeness (QED) is 0.0272. The number of ketones is 5. The number of carboxylic acid groups (broad SMARTS) is 2. The predicted octanol–water partition coefficient (Wildman–Crippen LogP) is 3.52. The molecule has 5 unspecified atom stereocenters. The highest BCUT2D eigenvalue weighted by Crippen LogP contribution is 2.53. The Morgan fingerprint density at radius 3 is 1.84 bits per heavy atom. The number of benzene rings is 5. The number of nitrogens with zero attached hydrogens (tertiary/aromatic N) is 4. The molecule has 8 atom stereocenters. The Bertz CT molecular complexity index is 4390. The molecule has 107 heavy (non-hydrogen) atoms. The summed E-state index contributed by atoms with van der Waals surface area (Å²) in [4.78, 5) is 118. The van der Waals surface area contributed by atoms with Crippen molar-refractivity contribution in [3.8, 4) is 28.7 Å². The Hall–Kier alpha value is -10.0. The van der Waals surface area contributed by atoms with Crippen LogP contribution in [-0.2, 0) is 36.7 Å². The minimum absolute atomic E-state index is 0. The number of nitrogens with two attached hydrogens (primary N) is 3. The highest BCUT2D eigenvalue weighted by molar-refractivity contribution is 6.34. The maximum atomic E-state index is 13.6. The fourth-order valence-electron chi connectivity index (χ4n) is 12.8. The first-order valence-corrected chi connectivity index (χ1v) is 33.2. The summed E-state index contributed by atoms with van der Waals surface area (Å²) in [7, 11) is 1.34. The molecule has 21 N–H and O–H groups in total. The molecule has 33 nitrogen and oxygen atoms in total. The average Bonchev–Trinajstić information content (AvgIpc) is 0.716. The maximum absolute atomic E-state index is 13.6. The molecule has 3 heterocycles. The first kappa shape index (κ1) is 85.9. The number of phenols is 4. The zero-order valence-electron chi connectivity index (χ0n) is 58.3. The van der Waals surface area contributed by atoms with Crippen LogP contribution in [0, 0.1) is 0 Å². The van der Waals surface area contributed by atoms with Gasteiger partial charge in [0.15, 0.2) is 34.8 Å². The number of anilines is 4. The van der Waals surface area contributed by atoms with Crippen LogP contribution in [0.5, 0.6) is 28.7 Å². The van der Waals surface area contributed by atoms with E-state index in [4.69, 9.17) is 46.7 Å². The number of nitrogens with one attached hydrogen (secondary N) is 5. The lowest BCUT2D eigenvalue weighted by Gasteiger charge is -2.42. The van der Waals surface area contributed by atoms with E-state index in [2.05, 4.69) is 46.5 Å². The second-order valence-electron chi connectivity index (χ2n) is 25.1. The van der Waals surface area contributed by atoms with Crippen molar-refractivity contribution in [2.45, 2.75) is 114 Å². The molecule has 1 fully saturated rings. The molecule has 1 amide bonds. The number of aliphatic carboxylic acids is 2. The van der Waals surface area contributed by atoms with Crippen LogP contribution < -0.4 is 48.5 Å². The van der Waals surface area contributed by atoms with Crippen molar-refractivity contribution in [3.05, 3.63) is 145 Å². The van der Waals surface area contributed by atoms with Gasteiger partial charge in [0.1, 0.15) is 40.4 Å². The SMILES string of the molecule is CCC(Cc1cnc2nc(N)nc(N)c2n1)c1ccc(C(=O)N[C@@H](CCC(=O)O)C(=O)O)cc1.COc1cccc2c1C(=O)c1c(O)c3c(c(O)c1C2=O)C[C@@](O)(C(C)=O)C[C@@H]3OC1CC(N)C(O)C(C)O1.Cl.Cl.Cl.O=C1c2c(O)ccc(O)c2C(=O)c2c(NCCNCCO)ccc(NCCNCCO)c21. The summed E-state index contributed by atoms with van der Waals surface area (Å²) in [5, 5.41) is 115. The van der Waals surface area contributed by atoms with E-state index in [1.165, 1.54) is 44.4 Å². The third-order valence-corrected chi connectivity index (χ3v) is 18.2. The summed E-state index contributed by atoms with van der Waals surface area (Å²) < 4.78 is 17.1. The van der Waals surface area contributed by atoms with Crippen molar-refractivity contribution < 1.29 is 104 Å². The van der Waals surface area contributed by atoms with Crippen molar-refractivity contribution in [3.63, 3.8) is 0 Å². The Morgan fingerprint density at radius 1 is 0.729 bits per heavy atom. The number of hydrogen-bond acceptors (Lipinski definition) is 30. The molecule has 11 rings (SSSR count). The number of carbonyl (C=O) groups is 8. The lowest BCUT2D eigenvalue weighted by atomic mass is 9.72. The summed E-state index contributed by atoms with van der Waals surface area (Å²) in [6.07, 6.45) is -2.14. The summed E-state index contributed by atoms with van der Waals surface area (Å²) in [5.74, 6) is -7.80. The zero-order chi connectivity index (χ0) is 75.6. The van der Waals surface area contributed by atoms with Crippen LogP contribution in [0.15, 0.2) is 72.9 Å². The first-order chi connectivity index (χ1) is 49.6. The Morgan fingerprint density at radius 2 is 1.31 bits per heavy atom. The number of phenolic OH excluding ortho intramolecular Hbond substituents is 4. The third kappa shape index (κ3) is 18.9. The molecule has 36 heteroatoms. The number of rotatable bonds is 26. The molecule has 2 aromatic heterocycles. The second-order valence-corrected chi connectivity index (χ2v) is 25.1. The highest BCUT2D eigenvalue weighted by atomic mass is 35.5. The Labute approximate surface area is 630 Å². The number of fused-ring (bicyclic) bond motifs is 6. The molecule has 5 aromatic carbocycles. The summed E-state index contributed by atoms with van der Waals surface area (Å²) in [5.41, 5.74) is 17.8. The van der Waals surface area contributed by atoms with E-state index >= 15 is 0 Å². The van der Waals surface area contributed by atoms with Crippen molar-refractivity contribution >= 4 is 118 Å². The van der Waals surface area contributed by atoms with Gasteiger partial charge >= 0.3 is 11.9 Å². The molecule has 576 valence electrons. The molecular formula is C71H85Cl3N12O21. The third-order valence-electron chi connectivity index (χ3n) is 18.2. The number of aromatic hydroxyl groups is 4. The van der Waals surface area contributed by atoms with E-state index in [1.54, 1.807) is 49.5 Å². The topological polar surface area (TPSA) is 556 Å². The van der Waals surface area contributed by atoms with Crippen LogP contribution in [0.25, 0.3) is 11.2 Å². The molecule has 7 aromatic rings. The molecule has 1 aliphatic heterocycles. The summed E-state index contributed by atoms with van der Waals surface area (Å²) in [6.45, 7) is 7.62. The van der Waals surface area contributed by atoms with Crippen molar-refractivity contribution in [2.24, 2.45) is 5.73 Å². The molecule has 0 saturated carbocycles. The van der Waals surface area contributed by atoms with Crippen molar-refractivity contribution in [1.29, 1.82) is 0 Å². The van der Waals surface area contributed by atoms with Gasteiger partial charge in [-0.1, -0.05) is 31.2 Å². The number of carboxylic acids is 2. The van der Waals surface area contributed by atoms with Crippen LogP contribution in [0.1, 0.15) is 161 Å². The minimum atomic E-state index is -2.00. The fourth-order valence-corrected chi connectivity index (χ4v) is 12.8. The van der Waals surface area contributed by atoms with Crippen LogP contribution in [0.2, 0.25) is 0 Å². The molecule has 3 aliphatic carbocycles. The number of aromatic nitrogens is 4. The first-order valence-electron chi connectivity index (χ1n) is 33.2. The number of methoxy groups -OCH3 is 1. The molecular weight excluding hydrogens is 1460 g/mol. The van der Waals surface area contributed by atoms with Crippen molar-refractivity contribution in [1.82, 2.24) is 35.9 Å². The van der Waals surface area contributed by atoms with Gasteiger partial charge in [-0.15, -0.1) is 37.2 Å². The van der Waals surface area contributed by atoms with Gasteiger partial charge in [-0.25, -0.2) is 14.8 Å². The predicted molar refractivity (Wildman–Crippen MR) is 395 cm³/mol. The van der Waals surface area contributed by atoms with Gasteiger partial charge in [0, 0.05) is 105 Å². The standard InChI is InChI=1S/C27H29NO10.C22H25N7O5.C22H28N4O6.3ClH/c1-10-22(30)14(28)7-17(37-10)38-16-9-27(35,11(2)29)8-13-19(16)26(34)21-20(24(13)32)23(31)12-5-4-6-15(36-3)18(12)25(21)33;1-2-11(9-14-10-25-19-17(26-14)18(23)28-22(24)29-19)12-3-5-13(6-4-12)20(32)27-15(21(33)34)7-8-16(30)31;27-11-9-23-5-7-25-13-1-2-14(26-8-6-24-10-12-28)18-17(13)21(31)19-15(29)3-4-16(30)20(19)22(18)32;;;/h4-6,10,14,16-17,22,30,32,34-35H,7-9,28H2,1-3H3;3-6,10-11,15H,2,7-9H2,1H3,(H,27,32)(H,30,31)(H,33,34)(H4,23,24,25,28,29);1-4,23-30H,5-12H2;3*1H/t10?,14?,16-,17?,22?,27-;11?,15-;;;;/m00..../s1. The molecule has 0 spiro atoms. The van der Waals surface area contributed by atoms with Gasteiger partial charge in [-0.2, -0.15) is 9.97 Å². The number of aliphatic hydroxyl groups excluding tert-OH is 3. The monoisotopic (exact) mass is 1550 g/mol. The van der Waals surface area contributed by atoms with Crippen LogP contribution >= 0.6 is 37.2 Å². The van der Waals surface area contributed by atoms with Gasteiger partial charge in [0.05, 0.1) is 89.5 Å². The summed E-state index contributed by atoms with van der Waals surface area (Å²) in [6, 6.07) is 15.0. The van der Waals surface area contributed by atoms with Crippen LogP contribution in [0.4, 0.5) is 23.1 Å². The number of aliphatic hydroxyl groups is 4. The van der Waals surface area contributed by atoms with Gasteiger partial charge in [0.2, 0.25) is 23.3 Å². The van der Waals surface area contributed by atoms with Gasteiger partial charge in [-0.3, -0.25) is 33.6 Å². The number of halogens is 3.